The zero-order valence-corrected chi connectivity index (χ0v) is 19.2. The highest BCUT2D eigenvalue weighted by molar-refractivity contribution is 6.03. The number of aromatic nitrogens is 1. The second-order valence-corrected chi connectivity index (χ2v) is 8.63. The minimum atomic E-state index is -0.360. The van der Waals surface area contributed by atoms with Crippen LogP contribution in [0.3, 0.4) is 0 Å². The molecular formula is C25H31NO6. The van der Waals surface area contributed by atoms with Gasteiger partial charge in [0.05, 0.1) is 21.3 Å². The highest BCUT2D eigenvalue weighted by atomic mass is 16.5. The van der Waals surface area contributed by atoms with Gasteiger partial charge in [-0.05, 0) is 68.2 Å². The summed E-state index contributed by atoms with van der Waals surface area (Å²) < 4.78 is 22.1. The van der Waals surface area contributed by atoms with Crippen LogP contribution >= 0.6 is 0 Å². The van der Waals surface area contributed by atoms with Crippen molar-refractivity contribution in [1.82, 2.24) is 4.98 Å². The molecule has 0 radical (unpaired) electrons. The van der Waals surface area contributed by atoms with Crippen LogP contribution in [0.15, 0.2) is 12.1 Å². The van der Waals surface area contributed by atoms with E-state index in [2.05, 4.69) is 4.98 Å². The van der Waals surface area contributed by atoms with Gasteiger partial charge in [-0.2, -0.15) is 0 Å². The third-order valence-corrected chi connectivity index (χ3v) is 6.68. The lowest BCUT2D eigenvalue weighted by molar-refractivity contribution is 0.0204. The van der Waals surface area contributed by atoms with Crippen LogP contribution in [0.1, 0.15) is 82.1 Å². The van der Waals surface area contributed by atoms with E-state index in [1.165, 1.54) is 6.42 Å². The maximum Gasteiger partial charge on any atom is 0.355 e. The Morgan fingerprint density at radius 1 is 0.969 bits per heavy atom. The summed E-state index contributed by atoms with van der Waals surface area (Å²) in [5, 5.41) is 0. The molecule has 1 aromatic carbocycles. The number of ketones is 1. The van der Waals surface area contributed by atoms with Gasteiger partial charge >= 0.3 is 5.97 Å². The van der Waals surface area contributed by atoms with E-state index in [-0.39, 0.29) is 23.8 Å². The van der Waals surface area contributed by atoms with Gasteiger partial charge in [-0.15, -0.1) is 0 Å². The predicted molar refractivity (Wildman–Crippen MR) is 119 cm³/mol. The molecule has 2 aliphatic rings. The molecule has 1 saturated carbocycles. The molecule has 1 unspecified atom stereocenters. The van der Waals surface area contributed by atoms with E-state index in [4.69, 9.17) is 18.9 Å². The third-order valence-electron chi connectivity index (χ3n) is 6.68. The van der Waals surface area contributed by atoms with Crippen LogP contribution in [0.5, 0.6) is 17.2 Å². The van der Waals surface area contributed by atoms with Crippen LogP contribution in [-0.4, -0.2) is 44.2 Å². The zero-order chi connectivity index (χ0) is 22.8. The summed E-state index contributed by atoms with van der Waals surface area (Å²) in [6.45, 7) is 1.82. The fourth-order valence-corrected chi connectivity index (χ4v) is 5.00. The number of esters is 1. The molecule has 0 spiro atoms. The molecule has 1 atom stereocenters. The quantitative estimate of drug-likeness (QED) is 0.651. The number of nitrogens with one attached hydrogen (secondary N) is 1. The van der Waals surface area contributed by atoms with Crippen molar-refractivity contribution < 1.29 is 28.5 Å². The second-order valence-electron chi connectivity index (χ2n) is 8.63. The molecule has 0 amide bonds. The third kappa shape index (κ3) is 4.08. The van der Waals surface area contributed by atoms with E-state index in [1.807, 2.05) is 19.1 Å². The lowest BCUT2D eigenvalue weighted by Gasteiger charge is -2.24. The number of methoxy groups -OCH3 is 3. The van der Waals surface area contributed by atoms with Gasteiger partial charge in [0.15, 0.2) is 17.3 Å². The number of benzene rings is 1. The number of carbonyl (C=O) groups excluding carboxylic acids is 2. The van der Waals surface area contributed by atoms with Gasteiger partial charge in [0.1, 0.15) is 11.8 Å². The van der Waals surface area contributed by atoms with Crippen molar-refractivity contribution in [3.63, 3.8) is 0 Å². The van der Waals surface area contributed by atoms with Gasteiger partial charge in [-0.1, -0.05) is 6.42 Å². The summed E-state index contributed by atoms with van der Waals surface area (Å²) >= 11 is 0. The van der Waals surface area contributed by atoms with E-state index in [1.54, 1.807) is 21.3 Å². The molecular weight excluding hydrogens is 410 g/mol. The molecule has 32 heavy (non-hydrogen) atoms. The first-order valence-electron chi connectivity index (χ1n) is 11.2. The van der Waals surface area contributed by atoms with Crippen LogP contribution in [-0.2, 0) is 11.2 Å². The first-order valence-corrected chi connectivity index (χ1v) is 11.2. The normalized spacial score (nSPS) is 18.8. The number of hydrogen-bond donors (Lipinski definition) is 1. The van der Waals surface area contributed by atoms with Gasteiger partial charge in [0, 0.05) is 17.7 Å². The van der Waals surface area contributed by atoms with Crippen molar-refractivity contribution >= 4 is 11.8 Å². The summed E-state index contributed by atoms with van der Waals surface area (Å²) in [4.78, 5) is 29.1. The number of ether oxygens (including phenoxy) is 4. The summed E-state index contributed by atoms with van der Waals surface area (Å²) in [5.74, 6) is 1.23. The minimum Gasteiger partial charge on any atom is -0.493 e. The average Bonchev–Trinajstić information content (AvgIpc) is 3.15. The van der Waals surface area contributed by atoms with Crippen LogP contribution in [0.4, 0.5) is 0 Å². The molecule has 2 aromatic rings. The van der Waals surface area contributed by atoms with Crippen LogP contribution < -0.4 is 14.2 Å². The number of Topliss-reactive ketones (excluding diaryl/α,β-unsaturated/α-hetero) is 1. The monoisotopic (exact) mass is 441 g/mol. The molecule has 1 heterocycles. The Morgan fingerprint density at radius 3 is 2.22 bits per heavy atom. The van der Waals surface area contributed by atoms with E-state index in [0.29, 0.717) is 46.9 Å². The number of H-pyrrole nitrogens is 1. The number of hydrogen-bond acceptors (Lipinski definition) is 6. The molecule has 7 heteroatoms. The first kappa shape index (κ1) is 22.2. The molecule has 4 rings (SSSR count). The summed E-state index contributed by atoms with van der Waals surface area (Å²) in [7, 11) is 4.71. The van der Waals surface area contributed by atoms with Crippen molar-refractivity contribution in [3.05, 3.63) is 40.2 Å². The van der Waals surface area contributed by atoms with E-state index < -0.39 is 0 Å². The Balaban J connectivity index is 1.61. The maximum absolute atomic E-state index is 13.1. The van der Waals surface area contributed by atoms with Crippen molar-refractivity contribution in [2.75, 3.05) is 21.3 Å². The number of aromatic amines is 1. The average molecular weight is 442 g/mol. The standard InChI is InChI=1S/C25H31NO6/c1-14-22-18(26-23(14)25(28)32-17-8-6-5-7-9-17)10-15(11-19(22)27)16-12-20(29-2)24(31-4)21(13-16)30-3/h12-13,15,17,26H,5-11H2,1-4H3. The lowest BCUT2D eigenvalue weighted by atomic mass is 9.81. The highest BCUT2D eigenvalue weighted by Crippen LogP contribution is 2.43. The largest absolute Gasteiger partial charge is 0.493 e. The van der Waals surface area contributed by atoms with Crippen molar-refractivity contribution in [2.24, 2.45) is 0 Å². The second kappa shape index (κ2) is 9.27. The van der Waals surface area contributed by atoms with E-state index in [0.717, 1.165) is 36.9 Å². The van der Waals surface area contributed by atoms with Crippen molar-refractivity contribution in [1.29, 1.82) is 0 Å². The summed E-state index contributed by atoms with van der Waals surface area (Å²) in [6.07, 6.45) is 6.12. The van der Waals surface area contributed by atoms with Crippen molar-refractivity contribution in [3.8, 4) is 17.2 Å². The first-order chi connectivity index (χ1) is 15.5. The minimum absolute atomic E-state index is 0.0236. The number of fused-ring (bicyclic) bond motifs is 1. The van der Waals surface area contributed by atoms with E-state index >= 15 is 0 Å². The van der Waals surface area contributed by atoms with Crippen LogP contribution in [0, 0.1) is 6.92 Å². The van der Waals surface area contributed by atoms with Crippen molar-refractivity contribution in [2.45, 2.75) is 63.9 Å². The molecule has 1 aromatic heterocycles. The number of carbonyl (C=O) groups is 2. The SMILES string of the molecule is COc1cc(C2CC(=O)c3c([nH]c(C(=O)OC4CCCCC4)c3C)C2)cc(OC)c1OC. The molecule has 0 bridgehead atoms. The Kier molecular flexibility index (Phi) is 6.44. The number of rotatable bonds is 6. The molecule has 0 aliphatic heterocycles. The Morgan fingerprint density at radius 2 is 1.62 bits per heavy atom. The summed E-state index contributed by atoms with van der Waals surface area (Å²) in [5.41, 5.74) is 3.43. The van der Waals surface area contributed by atoms with Crippen LogP contribution in [0.25, 0.3) is 0 Å². The van der Waals surface area contributed by atoms with Gasteiger partial charge in [-0.3, -0.25) is 4.79 Å². The Labute approximate surface area is 188 Å². The topological polar surface area (TPSA) is 86.9 Å². The molecule has 172 valence electrons. The van der Waals surface area contributed by atoms with Gasteiger partial charge in [0.2, 0.25) is 5.75 Å². The van der Waals surface area contributed by atoms with Gasteiger partial charge in [0.25, 0.3) is 0 Å². The Bertz CT molecular complexity index is 993. The highest BCUT2D eigenvalue weighted by Gasteiger charge is 2.33. The lowest BCUT2D eigenvalue weighted by Crippen LogP contribution is -2.21. The molecule has 7 nitrogen and oxygen atoms in total. The van der Waals surface area contributed by atoms with Gasteiger partial charge in [-0.25, -0.2) is 4.79 Å². The molecule has 1 fully saturated rings. The molecule has 1 N–H and O–H groups in total. The van der Waals surface area contributed by atoms with E-state index in [9.17, 15) is 9.59 Å². The van der Waals surface area contributed by atoms with Crippen LogP contribution in [0.2, 0.25) is 0 Å². The zero-order valence-electron chi connectivity index (χ0n) is 19.2. The maximum atomic E-state index is 13.1. The molecule has 0 saturated heterocycles. The Hall–Kier alpha value is -2.96. The fourth-order valence-electron chi connectivity index (χ4n) is 5.00. The molecule has 2 aliphatic carbocycles. The summed E-state index contributed by atoms with van der Waals surface area (Å²) in [6, 6.07) is 3.77. The van der Waals surface area contributed by atoms with Gasteiger partial charge < -0.3 is 23.9 Å². The predicted octanol–water partition coefficient (Wildman–Crippen LogP) is 4.75. The smallest absolute Gasteiger partial charge is 0.355 e. The fraction of sp³-hybridized carbons (Fsp3) is 0.520.